The number of carbonyl (C=O) groups is 2. The Kier molecular flexibility index (Phi) is 9.85. The molecule has 7 nitrogen and oxygen atoms in total. The number of amides is 2. The Morgan fingerprint density at radius 3 is 2.19 bits per heavy atom. The highest BCUT2D eigenvalue weighted by Gasteiger charge is 2.32. The van der Waals surface area contributed by atoms with Gasteiger partial charge < -0.3 is 10.2 Å². The van der Waals surface area contributed by atoms with Crippen LogP contribution in [0.5, 0.6) is 0 Å². The van der Waals surface area contributed by atoms with E-state index in [1.54, 1.807) is 55.5 Å². The summed E-state index contributed by atoms with van der Waals surface area (Å²) in [6.07, 6.45) is 1.77. The van der Waals surface area contributed by atoms with Crippen LogP contribution in [0.4, 0.5) is 5.69 Å². The van der Waals surface area contributed by atoms with Crippen molar-refractivity contribution in [2.24, 2.45) is 0 Å². The molecule has 3 aromatic carbocycles. The van der Waals surface area contributed by atoms with E-state index in [1.165, 1.54) is 17.0 Å². The monoisotopic (exact) mass is 521 g/mol. The van der Waals surface area contributed by atoms with E-state index in [4.69, 9.17) is 0 Å². The molecule has 0 aliphatic heterocycles. The highest BCUT2D eigenvalue weighted by atomic mass is 32.2. The largest absolute Gasteiger partial charge is 0.354 e. The zero-order valence-corrected chi connectivity index (χ0v) is 22.4. The van der Waals surface area contributed by atoms with Crippen LogP contribution < -0.4 is 9.62 Å². The Morgan fingerprint density at radius 2 is 1.57 bits per heavy atom. The number of hydrogen-bond acceptors (Lipinski definition) is 4. The zero-order valence-electron chi connectivity index (χ0n) is 21.6. The van der Waals surface area contributed by atoms with Gasteiger partial charge in [0.05, 0.1) is 10.6 Å². The second-order valence-corrected chi connectivity index (χ2v) is 10.9. The average Bonchev–Trinajstić information content (AvgIpc) is 2.91. The molecule has 0 bridgehead atoms. The molecular formula is C29H35N3O4S. The molecule has 0 heterocycles. The smallest absolute Gasteiger partial charge is 0.264 e. The van der Waals surface area contributed by atoms with Crippen molar-refractivity contribution in [3.8, 4) is 0 Å². The molecule has 1 N–H and O–H groups in total. The van der Waals surface area contributed by atoms with E-state index in [0.717, 1.165) is 28.3 Å². The lowest BCUT2D eigenvalue weighted by Gasteiger charge is -2.32. The summed E-state index contributed by atoms with van der Waals surface area (Å²) in [5, 5.41) is 2.89. The van der Waals surface area contributed by atoms with Crippen molar-refractivity contribution in [3.05, 3.63) is 96.1 Å². The van der Waals surface area contributed by atoms with E-state index < -0.39 is 28.5 Å². The fourth-order valence-corrected chi connectivity index (χ4v) is 5.40. The van der Waals surface area contributed by atoms with Crippen LogP contribution in [0.25, 0.3) is 0 Å². The van der Waals surface area contributed by atoms with Crippen molar-refractivity contribution in [2.75, 3.05) is 17.4 Å². The van der Waals surface area contributed by atoms with Crippen molar-refractivity contribution in [1.82, 2.24) is 10.2 Å². The normalized spacial score (nSPS) is 12.0. The van der Waals surface area contributed by atoms with Crippen LogP contribution in [0.3, 0.4) is 0 Å². The molecular weight excluding hydrogens is 486 g/mol. The fourth-order valence-electron chi connectivity index (χ4n) is 3.97. The van der Waals surface area contributed by atoms with Gasteiger partial charge in [-0.2, -0.15) is 0 Å². The Labute approximate surface area is 220 Å². The number of benzene rings is 3. The summed E-state index contributed by atoms with van der Waals surface area (Å²) >= 11 is 0. The molecule has 0 radical (unpaired) electrons. The van der Waals surface area contributed by atoms with Crippen LogP contribution in [0, 0.1) is 6.92 Å². The van der Waals surface area contributed by atoms with Crippen LogP contribution in [0.15, 0.2) is 89.8 Å². The first-order chi connectivity index (χ1) is 17.7. The van der Waals surface area contributed by atoms with Gasteiger partial charge >= 0.3 is 0 Å². The Hall–Kier alpha value is -3.65. The number of hydrogen-bond donors (Lipinski definition) is 1. The zero-order chi connectivity index (χ0) is 26.8. The second-order valence-electron chi connectivity index (χ2n) is 8.99. The van der Waals surface area contributed by atoms with Crippen molar-refractivity contribution in [2.45, 2.75) is 51.1 Å². The molecule has 0 saturated heterocycles. The molecule has 37 heavy (non-hydrogen) atoms. The minimum absolute atomic E-state index is 0.0854. The van der Waals surface area contributed by atoms with Crippen molar-refractivity contribution in [1.29, 1.82) is 0 Å². The van der Waals surface area contributed by atoms with Crippen molar-refractivity contribution >= 4 is 27.5 Å². The number of nitrogens with zero attached hydrogens (tertiary/aromatic N) is 2. The maximum atomic E-state index is 13.8. The van der Waals surface area contributed by atoms with Crippen LogP contribution in [0.2, 0.25) is 0 Å². The van der Waals surface area contributed by atoms with E-state index >= 15 is 0 Å². The van der Waals surface area contributed by atoms with Gasteiger partial charge in [0.15, 0.2) is 0 Å². The molecule has 0 spiro atoms. The maximum absolute atomic E-state index is 13.8. The van der Waals surface area contributed by atoms with Gasteiger partial charge in [0.25, 0.3) is 10.0 Å². The number of anilines is 1. The fraction of sp³-hybridized carbons (Fsp3) is 0.310. The number of para-hydroxylation sites is 1. The molecule has 3 aromatic rings. The molecule has 0 aromatic heterocycles. The molecule has 0 aliphatic rings. The first kappa shape index (κ1) is 27.9. The third kappa shape index (κ3) is 7.43. The molecule has 3 rings (SSSR count). The molecule has 0 saturated carbocycles. The maximum Gasteiger partial charge on any atom is 0.264 e. The third-order valence-electron chi connectivity index (χ3n) is 6.09. The number of nitrogens with one attached hydrogen (secondary N) is 1. The first-order valence-electron chi connectivity index (χ1n) is 12.5. The molecule has 1 atom stereocenters. The summed E-state index contributed by atoms with van der Waals surface area (Å²) in [7, 11) is -4.04. The Morgan fingerprint density at radius 1 is 0.919 bits per heavy atom. The summed E-state index contributed by atoms with van der Waals surface area (Å²) < 4.78 is 28.4. The summed E-state index contributed by atoms with van der Waals surface area (Å²) in [4.78, 5) is 28.3. The number of rotatable bonds is 12. The number of sulfonamides is 1. The number of carbonyl (C=O) groups excluding carboxylic acids is 2. The van der Waals surface area contributed by atoms with Gasteiger partial charge in [0.1, 0.15) is 12.6 Å². The van der Waals surface area contributed by atoms with Crippen LogP contribution in [-0.2, 0) is 26.2 Å². The molecule has 196 valence electrons. The van der Waals surface area contributed by atoms with Gasteiger partial charge in [-0.3, -0.25) is 13.9 Å². The van der Waals surface area contributed by atoms with E-state index in [0.29, 0.717) is 12.2 Å². The van der Waals surface area contributed by atoms with Crippen LogP contribution in [0.1, 0.15) is 37.8 Å². The lowest BCUT2D eigenvalue weighted by molar-refractivity contribution is -0.139. The van der Waals surface area contributed by atoms with Gasteiger partial charge in [-0.05, 0) is 50.1 Å². The molecule has 2 amide bonds. The summed E-state index contributed by atoms with van der Waals surface area (Å²) in [5.74, 6) is -0.741. The van der Waals surface area contributed by atoms with E-state index in [1.807, 2.05) is 38.1 Å². The van der Waals surface area contributed by atoms with Gasteiger partial charge in [-0.25, -0.2) is 8.42 Å². The van der Waals surface area contributed by atoms with Gasteiger partial charge in [0.2, 0.25) is 11.8 Å². The number of unbranched alkanes of at least 4 members (excludes halogenated alkanes) is 1. The summed E-state index contributed by atoms with van der Waals surface area (Å²) in [6.45, 7) is 5.92. The predicted octanol–water partition coefficient (Wildman–Crippen LogP) is 4.52. The molecule has 8 heteroatoms. The summed E-state index contributed by atoms with van der Waals surface area (Å²) in [6, 6.07) is 23.5. The topological polar surface area (TPSA) is 86.8 Å². The van der Waals surface area contributed by atoms with E-state index in [2.05, 4.69) is 5.32 Å². The Balaban J connectivity index is 1.96. The van der Waals surface area contributed by atoms with Gasteiger partial charge in [0, 0.05) is 13.1 Å². The third-order valence-corrected chi connectivity index (χ3v) is 7.87. The van der Waals surface area contributed by atoms with Gasteiger partial charge in [-0.15, -0.1) is 0 Å². The lowest BCUT2D eigenvalue weighted by Crippen LogP contribution is -2.51. The quantitative estimate of drug-likeness (QED) is 0.355. The molecule has 0 fully saturated rings. The van der Waals surface area contributed by atoms with Crippen molar-refractivity contribution < 1.29 is 18.0 Å². The number of aryl methyl sites for hydroxylation is 1. The van der Waals surface area contributed by atoms with Gasteiger partial charge in [-0.1, -0.05) is 79.6 Å². The minimum Gasteiger partial charge on any atom is -0.354 e. The SMILES string of the molecule is CCCCNC(=O)[C@@H](C)N(Cc1cccc(C)c1)C(=O)CN(c1ccccc1)S(=O)(=O)c1ccccc1. The average molecular weight is 522 g/mol. The summed E-state index contributed by atoms with van der Waals surface area (Å²) in [5.41, 5.74) is 2.26. The van der Waals surface area contributed by atoms with Crippen LogP contribution in [-0.4, -0.2) is 44.3 Å². The molecule has 0 unspecified atom stereocenters. The van der Waals surface area contributed by atoms with Crippen LogP contribution >= 0.6 is 0 Å². The van der Waals surface area contributed by atoms with Crippen molar-refractivity contribution in [3.63, 3.8) is 0 Å². The highest BCUT2D eigenvalue weighted by Crippen LogP contribution is 2.24. The lowest BCUT2D eigenvalue weighted by atomic mass is 10.1. The predicted molar refractivity (Wildman–Crippen MR) is 147 cm³/mol. The minimum atomic E-state index is -4.04. The first-order valence-corrected chi connectivity index (χ1v) is 13.9. The standard InChI is InChI=1S/C29H35N3O4S/c1-4-5-19-30-29(34)24(3)31(21-25-14-12-13-23(2)20-25)28(33)22-32(26-15-8-6-9-16-26)37(35,36)27-17-10-7-11-18-27/h6-18,20,24H,4-5,19,21-22H2,1-3H3,(H,30,34)/t24-/m1/s1. The van der Waals surface area contributed by atoms with E-state index in [9.17, 15) is 18.0 Å². The Bertz CT molecular complexity index is 1280. The highest BCUT2D eigenvalue weighted by molar-refractivity contribution is 7.92. The molecule has 0 aliphatic carbocycles. The second kappa shape index (κ2) is 13.1. The van der Waals surface area contributed by atoms with E-state index in [-0.39, 0.29) is 17.3 Å².